The minimum absolute atomic E-state index is 0.0101. The lowest BCUT2D eigenvalue weighted by atomic mass is 9.94. The van der Waals surface area contributed by atoms with Gasteiger partial charge in [0, 0.05) is 49.3 Å². The molecule has 0 saturated carbocycles. The first kappa shape index (κ1) is 25.8. The summed E-state index contributed by atoms with van der Waals surface area (Å²) in [5.74, 6) is 0.284. The number of benzene rings is 1. The summed E-state index contributed by atoms with van der Waals surface area (Å²) in [5, 5.41) is 10.8. The van der Waals surface area contributed by atoms with Crippen molar-refractivity contribution in [3.05, 3.63) is 52.4 Å². The highest BCUT2D eigenvalue weighted by Gasteiger charge is 2.38. The van der Waals surface area contributed by atoms with Gasteiger partial charge in [-0.25, -0.2) is 9.97 Å². The van der Waals surface area contributed by atoms with E-state index < -0.39 is 5.91 Å². The van der Waals surface area contributed by atoms with Crippen molar-refractivity contribution in [2.45, 2.75) is 64.2 Å². The Balaban J connectivity index is 1.42. The molecule has 2 fully saturated rings. The second-order valence-electron chi connectivity index (χ2n) is 9.81. The van der Waals surface area contributed by atoms with E-state index in [4.69, 9.17) is 17.3 Å². The average molecular weight is 501 g/mol. The van der Waals surface area contributed by atoms with Crippen molar-refractivity contribution in [1.82, 2.24) is 19.8 Å². The molecule has 190 valence electrons. The predicted octanol–water partition coefficient (Wildman–Crippen LogP) is 3.02. The number of carbonyl (C=O) groups is 1. The van der Waals surface area contributed by atoms with E-state index in [0.29, 0.717) is 17.1 Å². The first-order valence-corrected chi connectivity index (χ1v) is 13.0. The summed E-state index contributed by atoms with van der Waals surface area (Å²) >= 11 is 6.06. The number of primary amides is 1. The summed E-state index contributed by atoms with van der Waals surface area (Å²) in [6, 6.07) is 9.06. The lowest BCUT2D eigenvalue weighted by Crippen LogP contribution is -2.62. The monoisotopic (exact) mass is 500 g/mol. The number of nitrogens with zero attached hydrogens (tertiary/aromatic N) is 5. The summed E-state index contributed by atoms with van der Waals surface area (Å²) in [7, 11) is 0. The second kappa shape index (κ2) is 11.2. The molecule has 2 aromatic rings. The van der Waals surface area contributed by atoms with Crippen LogP contribution in [0.1, 0.15) is 60.9 Å². The van der Waals surface area contributed by atoms with E-state index in [1.807, 2.05) is 31.2 Å². The molecule has 2 aliphatic heterocycles. The van der Waals surface area contributed by atoms with Gasteiger partial charge < -0.3 is 15.7 Å². The average Bonchev–Trinajstić information content (AvgIpc) is 2.86. The Morgan fingerprint density at radius 1 is 1.23 bits per heavy atom. The highest BCUT2D eigenvalue weighted by Crippen LogP contribution is 2.31. The third-order valence-corrected chi connectivity index (χ3v) is 7.89. The van der Waals surface area contributed by atoms with E-state index in [9.17, 15) is 9.90 Å². The molecule has 4 rings (SSSR count). The minimum atomic E-state index is -0.553. The first-order chi connectivity index (χ1) is 16.8. The van der Waals surface area contributed by atoms with Crippen molar-refractivity contribution in [3.8, 4) is 0 Å². The van der Waals surface area contributed by atoms with Crippen molar-refractivity contribution in [2.75, 3.05) is 37.7 Å². The van der Waals surface area contributed by atoms with Gasteiger partial charge in [-0.1, -0.05) is 30.7 Å². The van der Waals surface area contributed by atoms with Crippen LogP contribution in [0.2, 0.25) is 5.02 Å². The van der Waals surface area contributed by atoms with Gasteiger partial charge in [-0.3, -0.25) is 14.6 Å². The van der Waals surface area contributed by atoms with Crippen molar-refractivity contribution >= 4 is 23.3 Å². The maximum Gasteiger partial charge on any atom is 0.268 e. The number of rotatable bonds is 7. The number of aliphatic hydroxyl groups excluding tert-OH is 1. The van der Waals surface area contributed by atoms with Crippen LogP contribution in [0.15, 0.2) is 30.5 Å². The number of likely N-dealkylation sites (tertiary alicyclic amines) is 1. The van der Waals surface area contributed by atoms with Crippen molar-refractivity contribution in [1.29, 1.82) is 0 Å². The van der Waals surface area contributed by atoms with Crippen LogP contribution in [0.25, 0.3) is 0 Å². The van der Waals surface area contributed by atoms with Gasteiger partial charge in [0.2, 0.25) is 0 Å². The van der Waals surface area contributed by atoms with Gasteiger partial charge >= 0.3 is 0 Å². The Hall–Kier alpha value is -2.26. The smallest absolute Gasteiger partial charge is 0.268 e. The van der Waals surface area contributed by atoms with Crippen LogP contribution in [0.5, 0.6) is 0 Å². The fraction of sp³-hybridized carbons (Fsp3) is 0.577. The lowest BCUT2D eigenvalue weighted by molar-refractivity contribution is 0.0289. The molecule has 1 aromatic heterocycles. The van der Waals surface area contributed by atoms with Crippen LogP contribution in [0.4, 0.5) is 5.82 Å². The van der Waals surface area contributed by atoms with Crippen LogP contribution < -0.4 is 10.6 Å². The summed E-state index contributed by atoms with van der Waals surface area (Å²) in [4.78, 5) is 27.8. The molecule has 8 nitrogen and oxygen atoms in total. The zero-order chi connectivity index (χ0) is 25.1. The van der Waals surface area contributed by atoms with Gasteiger partial charge in [0.1, 0.15) is 11.5 Å². The molecule has 1 amide bonds. The molecule has 3 N–H and O–H groups in total. The molecule has 0 unspecified atom stereocenters. The zero-order valence-electron chi connectivity index (χ0n) is 20.9. The molecule has 3 heterocycles. The number of aryl methyl sites for hydroxylation is 1. The third-order valence-electron chi connectivity index (χ3n) is 7.64. The van der Waals surface area contributed by atoms with Crippen molar-refractivity contribution < 1.29 is 9.90 Å². The van der Waals surface area contributed by atoms with E-state index >= 15 is 0 Å². The first-order valence-electron chi connectivity index (χ1n) is 12.6. The molecule has 2 aliphatic rings. The second-order valence-corrected chi connectivity index (χ2v) is 10.2. The van der Waals surface area contributed by atoms with Crippen molar-refractivity contribution in [2.24, 2.45) is 5.73 Å². The number of halogens is 1. The molecular weight excluding hydrogens is 464 g/mol. The quantitative estimate of drug-likeness (QED) is 0.602. The Bertz CT molecular complexity index is 1010. The van der Waals surface area contributed by atoms with E-state index in [1.165, 1.54) is 6.20 Å². The predicted molar refractivity (Wildman–Crippen MR) is 139 cm³/mol. The molecule has 1 aromatic carbocycles. The van der Waals surface area contributed by atoms with Gasteiger partial charge in [0.05, 0.1) is 24.5 Å². The van der Waals surface area contributed by atoms with Gasteiger partial charge in [0.25, 0.3) is 5.91 Å². The SMILES string of the molecule is CC[C@H]1CN(c2ncc(C(N)=O)nc2C)[C@H](C)CN1C1CCN([C@@H](CO)c2ccc(Cl)cc2)CC1. The van der Waals surface area contributed by atoms with Crippen LogP contribution in [0.3, 0.4) is 0 Å². The van der Waals surface area contributed by atoms with Crippen LogP contribution in [-0.4, -0.2) is 81.7 Å². The number of piperidine rings is 1. The highest BCUT2D eigenvalue weighted by atomic mass is 35.5. The molecule has 0 spiro atoms. The summed E-state index contributed by atoms with van der Waals surface area (Å²) in [6.45, 7) is 10.2. The molecule has 3 atom stereocenters. The number of aliphatic hydroxyl groups is 1. The minimum Gasteiger partial charge on any atom is -0.394 e. The van der Waals surface area contributed by atoms with E-state index in [0.717, 1.165) is 62.5 Å². The molecule has 35 heavy (non-hydrogen) atoms. The fourth-order valence-electron chi connectivity index (χ4n) is 5.69. The summed E-state index contributed by atoms with van der Waals surface area (Å²) in [5.41, 5.74) is 7.43. The molecule has 0 radical (unpaired) electrons. The number of nitrogens with two attached hydrogens (primary N) is 1. The normalized spacial score (nSPS) is 23.4. The van der Waals surface area contributed by atoms with Crippen molar-refractivity contribution in [3.63, 3.8) is 0 Å². The standard InChI is InChI=1S/C26H37ClN6O2/c1-4-21-15-32(26-18(3)30-23(13-29-26)25(28)35)17(2)14-33(21)22-9-11-31(12-10-22)24(16-34)19-5-7-20(27)8-6-19/h5-8,13,17,21-22,24,34H,4,9-12,14-16H2,1-3H3,(H2,28,35)/t17-,21+,24+/m1/s1. The summed E-state index contributed by atoms with van der Waals surface area (Å²) < 4.78 is 0. The lowest BCUT2D eigenvalue weighted by Gasteiger charge is -2.51. The Kier molecular flexibility index (Phi) is 8.27. The maximum atomic E-state index is 11.5. The van der Waals surface area contributed by atoms with E-state index in [2.05, 4.69) is 38.5 Å². The Morgan fingerprint density at radius 2 is 1.91 bits per heavy atom. The number of hydrogen-bond donors (Lipinski definition) is 2. The molecule has 2 saturated heterocycles. The number of hydrogen-bond acceptors (Lipinski definition) is 7. The largest absolute Gasteiger partial charge is 0.394 e. The van der Waals surface area contributed by atoms with Crippen LogP contribution in [-0.2, 0) is 0 Å². The summed E-state index contributed by atoms with van der Waals surface area (Å²) in [6.07, 6.45) is 4.71. The van der Waals surface area contributed by atoms with Gasteiger partial charge in [-0.05, 0) is 50.8 Å². The van der Waals surface area contributed by atoms with E-state index in [1.54, 1.807) is 0 Å². The zero-order valence-corrected chi connectivity index (χ0v) is 21.7. The number of amides is 1. The van der Waals surface area contributed by atoms with Gasteiger partial charge in [-0.2, -0.15) is 0 Å². The number of anilines is 1. The third kappa shape index (κ3) is 5.61. The van der Waals surface area contributed by atoms with Crippen LogP contribution in [0, 0.1) is 6.92 Å². The number of carbonyl (C=O) groups excluding carboxylic acids is 1. The molecule has 0 aliphatic carbocycles. The highest BCUT2D eigenvalue weighted by molar-refractivity contribution is 6.30. The molecular formula is C26H37ClN6O2. The fourth-order valence-corrected chi connectivity index (χ4v) is 5.82. The molecule has 9 heteroatoms. The Labute approximate surface area is 213 Å². The van der Waals surface area contributed by atoms with E-state index in [-0.39, 0.29) is 24.4 Å². The van der Waals surface area contributed by atoms with Crippen LogP contribution >= 0.6 is 11.6 Å². The van der Waals surface area contributed by atoms with Gasteiger partial charge in [-0.15, -0.1) is 0 Å². The topological polar surface area (TPSA) is 98.8 Å². The Morgan fingerprint density at radius 3 is 2.49 bits per heavy atom. The maximum absolute atomic E-state index is 11.5. The number of aromatic nitrogens is 2. The number of piperazine rings is 1. The van der Waals surface area contributed by atoms with Gasteiger partial charge in [0.15, 0.2) is 0 Å². The molecule has 0 bridgehead atoms.